The molecule has 0 spiro atoms. The van der Waals surface area contributed by atoms with Crippen LogP contribution >= 0.6 is 11.6 Å². The summed E-state index contributed by atoms with van der Waals surface area (Å²) in [7, 11) is 0. The summed E-state index contributed by atoms with van der Waals surface area (Å²) in [6.45, 7) is 3.54. The van der Waals surface area contributed by atoms with E-state index in [1.807, 2.05) is 0 Å². The van der Waals surface area contributed by atoms with Gasteiger partial charge in [0.15, 0.2) is 0 Å². The smallest absolute Gasteiger partial charge is 0.349 e. The average Bonchev–Trinajstić information content (AvgIpc) is 1.84. The lowest BCUT2D eigenvalue weighted by atomic mass is 10.1. The Labute approximate surface area is 70.4 Å². The van der Waals surface area contributed by atoms with Gasteiger partial charge in [-0.3, -0.25) is 0 Å². The fourth-order valence-corrected chi connectivity index (χ4v) is 0.932. The second kappa shape index (κ2) is 3.74. The predicted octanol–water partition coefficient (Wildman–Crippen LogP) is 0.646. The highest BCUT2D eigenvalue weighted by Gasteiger charge is 2.18. The van der Waals surface area contributed by atoms with E-state index in [4.69, 9.17) is 16.3 Å². The summed E-state index contributed by atoms with van der Waals surface area (Å²) in [6.07, 6.45) is 0. The number of halogens is 1. The van der Waals surface area contributed by atoms with Crippen LogP contribution in [0.1, 0.15) is 6.92 Å². The zero-order chi connectivity index (χ0) is 8.27. The Balaban J connectivity index is 2.51. The minimum atomic E-state index is -0.411. The summed E-state index contributed by atoms with van der Waals surface area (Å²) >= 11 is 5.68. The maximum Gasteiger partial charge on any atom is 0.349 e. The van der Waals surface area contributed by atoms with E-state index in [0.717, 1.165) is 5.57 Å². The van der Waals surface area contributed by atoms with Crippen molar-refractivity contribution in [1.82, 2.24) is 5.32 Å². The fraction of sp³-hybridized carbons (Fsp3) is 0.571. The van der Waals surface area contributed by atoms with Crippen LogP contribution in [0.25, 0.3) is 0 Å². The van der Waals surface area contributed by atoms with E-state index in [-0.39, 0.29) is 5.03 Å². The molecule has 0 aliphatic carbocycles. The molecule has 1 saturated heterocycles. The number of hydrogen-bond donors (Lipinski definition) is 1. The summed E-state index contributed by atoms with van der Waals surface area (Å²) in [6, 6.07) is 0. The third-order valence-electron chi connectivity index (χ3n) is 1.44. The largest absolute Gasteiger partial charge is 0.462 e. The summed E-state index contributed by atoms with van der Waals surface area (Å²) in [5.74, 6) is -0.411. The molecular weight excluding hydrogens is 166 g/mol. The third-order valence-corrected chi connectivity index (χ3v) is 1.86. The first-order valence-corrected chi connectivity index (χ1v) is 3.89. The molecule has 0 aromatic carbocycles. The summed E-state index contributed by atoms with van der Waals surface area (Å²) < 4.78 is 4.70. The molecule has 1 N–H and O–H groups in total. The van der Waals surface area contributed by atoms with E-state index in [9.17, 15) is 4.79 Å². The number of ether oxygens (including phenoxy) is 1. The topological polar surface area (TPSA) is 38.3 Å². The van der Waals surface area contributed by atoms with Crippen LogP contribution in [0.5, 0.6) is 0 Å². The van der Waals surface area contributed by atoms with Crippen LogP contribution in [0.3, 0.4) is 0 Å². The molecule has 0 radical (unpaired) electrons. The highest BCUT2D eigenvalue weighted by atomic mass is 35.5. The number of rotatable bonds is 2. The second-order valence-electron chi connectivity index (χ2n) is 2.24. The Bertz CT molecular complexity index is 195. The Morgan fingerprint density at radius 3 is 2.73 bits per heavy atom. The van der Waals surface area contributed by atoms with E-state index in [0.29, 0.717) is 19.7 Å². The van der Waals surface area contributed by atoms with E-state index < -0.39 is 5.97 Å². The van der Waals surface area contributed by atoms with Crippen molar-refractivity contribution in [3.63, 3.8) is 0 Å². The van der Waals surface area contributed by atoms with Gasteiger partial charge < -0.3 is 10.1 Å². The van der Waals surface area contributed by atoms with Gasteiger partial charge in [-0.2, -0.15) is 0 Å². The molecule has 1 rings (SSSR count). The minimum Gasteiger partial charge on any atom is -0.462 e. The maximum atomic E-state index is 10.9. The van der Waals surface area contributed by atoms with Crippen LogP contribution in [0.4, 0.5) is 0 Å². The van der Waals surface area contributed by atoms with Crippen molar-refractivity contribution in [3.8, 4) is 0 Å². The van der Waals surface area contributed by atoms with Crippen LogP contribution in [0, 0.1) is 0 Å². The van der Waals surface area contributed by atoms with E-state index in [1.165, 1.54) is 0 Å². The monoisotopic (exact) mass is 175 g/mol. The van der Waals surface area contributed by atoms with Crippen molar-refractivity contribution in [2.75, 3.05) is 19.7 Å². The zero-order valence-corrected chi connectivity index (χ0v) is 7.07. The molecule has 1 heterocycles. The van der Waals surface area contributed by atoms with Crippen LogP contribution in [0.2, 0.25) is 0 Å². The van der Waals surface area contributed by atoms with Gasteiger partial charge in [0.2, 0.25) is 0 Å². The van der Waals surface area contributed by atoms with Gasteiger partial charge in [-0.05, 0) is 12.5 Å². The van der Waals surface area contributed by atoms with Crippen LogP contribution in [-0.4, -0.2) is 25.7 Å². The number of carbonyl (C=O) groups is 1. The van der Waals surface area contributed by atoms with Crippen molar-refractivity contribution in [2.24, 2.45) is 0 Å². The number of nitrogens with one attached hydrogen (secondary N) is 1. The Morgan fingerprint density at radius 2 is 2.36 bits per heavy atom. The molecule has 0 atom stereocenters. The zero-order valence-electron chi connectivity index (χ0n) is 6.32. The van der Waals surface area contributed by atoms with E-state index in [2.05, 4.69) is 5.32 Å². The first-order valence-electron chi connectivity index (χ1n) is 3.51. The van der Waals surface area contributed by atoms with Gasteiger partial charge in [-0.25, -0.2) is 4.79 Å². The Morgan fingerprint density at radius 1 is 1.73 bits per heavy atom. The molecule has 0 unspecified atom stereocenters. The predicted molar refractivity (Wildman–Crippen MR) is 42.4 cm³/mol. The van der Waals surface area contributed by atoms with E-state index in [1.54, 1.807) is 6.92 Å². The van der Waals surface area contributed by atoms with Crippen LogP contribution in [-0.2, 0) is 9.53 Å². The van der Waals surface area contributed by atoms with Crippen LogP contribution < -0.4 is 5.32 Å². The molecule has 1 fully saturated rings. The van der Waals surface area contributed by atoms with Crippen molar-refractivity contribution < 1.29 is 9.53 Å². The average molecular weight is 176 g/mol. The van der Waals surface area contributed by atoms with Gasteiger partial charge in [0, 0.05) is 13.1 Å². The Hall–Kier alpha value is -0.540. The molecule has 11 heavy (non-hydrogen) atoms. The molecule has 3 nitrogen and oxygen atoms in total. The number of carbonyl (C=O) groups excluding carboxylic acids is 1. The molecule has 0 bridgehead atoms. The molecule has 4 heteroatoms. The van der Waals surface area contributed by atoms with E-state index >= 15 is 0 Å². The van der Waals surface area contributed by atoms with Crippen molar-refractivity contribution in [2.45, 2.75) is 6.92 Å². The van der Waals surface area contributed by atoms with Gasteiger partial charge >= 0.3 is 5.97 Å². The molecular formula is C7H10ClNO2. The lowest BCUT2D eigenvalue weighted by Crippen LogP contribution is -2.35. The van der Waals surface area contributed by atoms with Crippen molar-refractivity contribution in [1.29, 1.82) is 0 Å². The first-order chi connectivity index (χ1) is 5.25. The number of hydrogen-bond acceptors (Lipinski definition) is 3. The highest BCUT2D eigenvalue weighted by Crippen LogP contribution is 2.14. The molecule has 0 saturated carbocycles. The van der Waals surface area contributed by atoms with Gasteiger partial charge in [0.25, 0.3) is 0 Å². The van der Waals surface area contributed by atoms with Crippen molar-refractivity contribution in [3.05, 3.63) is 10.6 Å². The summed E-state index contributed by atoms with van der Waals surface area (Å²) in [5, 5.41) is 3.23. The van der Waals surface area contributed by atoms with Crippen molar-refractivity contribution >= 4 is 17.6 Å². The van der Waals surface area contributed by atoms with Gasteiger partial charge in [0.1, 0.15) is 5.03 Å². The molecule has 0 amide bonds. The lowest BCUT2D eigenvalue weighted by molar-refractivity contribution is -0.137. The second-order valence-corrected chi connectivity index (χ2v) is 2.62. The maximum absolute atomic E-state index is 10.9. The summed E-state index contributed by atoms with van der Waals surface area (Å²) in [5.41, 5.74) is 0.935. The molecule has 0 aromatic heterocycles. The quantitative estimate of drug-likeness (QED) is 0.495. The fourth-order valence-electron chi connectivity index (χ4n) is 0.744. The van der Waals surface area contributed by atoms with Gasteiger partial charge in [0.05, 0.1) is 6.61 Å². The SMILES string of the molecule is CCOC(=O)C(Cl)=C1CNC1. The van der Waals surface area contributed by atoms with Gasteiger partial charge in [-0.15, -0.1) is 0 Å². The highest BCUT2D eigenvalue weighted by molar-refractivity contribution is 6.41. The minimum absolute atomic E-state index is 0.241. The standard InChI is InChI=1S/C7H10ClNO2/c1-2-11-7(10)6(8)5-3-9-4-5/h9H,2-4H2,1H3. The van der Waals surface area contributed by atoms with Gasteiger partial charge in [-0.1, -0.05) is 11.6 Å². The Kier molecular flexibility index (Phi) is 2.91. The lowest BCUT2D eigenvalue weighted by Gasteiger charge is -2.19. The normalized spacial score (nSPS) is 15.6. The first kappa shape index (κ1) is 8.56. The van der Waals surface area contributed by atoms with Crippen LogP contribution in [0.15, 0.2) is 10.6 Å². The summed E-state index contributed by atoms with van der Waals surface area (Å²) in [4.78, 5) is 10.9. The number of esters is 1. The molecule has 0 aromatic rings. The third kappa shape index (κ3) is 1.94. The molecule has 1 aliphatic rings. The molecule has 1 aliphatic heterocycles. The molecule has 62 valence electrons.